The van der Waals surface area contributed by atoms with Crippen LogP contribution >= 0.6 is 0 Å². The number of nitrogens with one attached hydrogen (secondary N) is 1. The van der Waals surface area contributed by atoms with Crippen LogP contribution in [-0.4, -0.2) is 28.5 Å². The number of anilines is 1. The summed E-state index contributed by atoms with van der Waals surface area (Å²) in [5.74, 6) is 1.41. The van der Waals surface area contributed by atoms with Crippen molar-refractivity contribution in [3.05, 3.63) is 70.9 Å². The molecule has 2 aromatic carbocycles. The van der Waals surface area contributed by atoms with Crippen molar-refractivity contribution in [2.45, 2.75) is 58.9 Å². The smallest absolute Gasteiger partial charge is 0.183 e. The maximum absolute atomic E-state index is 11.0. The number of methoxy groups -OCH3 is 1. The highest BCUT2D eigenvalue weighted by Crippen LogP contribution is 2.40. The first-order chi connectivity index (χ1) is 15.9. The molecular formula is C28H35N3O3. The van der Waals surface area contributed by atoms with Crippen molar-refractivity contribution in [1.82, 2.24) is 4.98 Å². The number of hydrogen-bond donors (Lipinski definition) is 3. The molecule has 0 atom stereocenters. The van der Waals surface area contributed by atoms with E-state index < -0.39 is 0 Å². The number of aliphatic imine (C=N–C) groups is 1. The molecule has 180 valence electrons. The van der Waals surface area contributed by atoms with E-state index >= 15 is 0 Å². The lowest BCUT2D eigenvalue weighted by atomic mass is 9.78. The third-order valence-electron chi connectivity index (χ3n) is 5.57. The zero-order valence-electron chi connectivity index (χ0n) is 21.1. The molecule has 0 radical (unpaired) electrons. The summed E-state index contributed by atoms with van der Waals surface area (Å²) in [7, 11) is 1.52. The van der Waals surface area contributed by atoms with Gasteiger partial charge in [-0.05, 0) is 58.4 Å². The van der Waals surface area contributed by atoms with E-state index in [1.54, 1.807) is 18.5 Å². The topological polar surface area (TPSA) is 87.0 Å². The Hall–Kier alpha value is -3.54. The SMILES string of the molecule is COc1cc(CNc2ccccn2)cc(N=Cc2cc(C(C)(C)C)c(O)c(C(C)(C)C)c2)c1O. The Morgan fingerprint density at radius 1 is 0.941 bits per heavy atom. The average Bonchev–Trinajstić information content (AvgIpc) is 2.77. The first kappa shape index (κ1) is 25.1. The molecule has 34 heavy (non-hydrogen) atoms. The summed E-state index contributed by atoms with van der Waals surface area (Å²) in [5.41, 5.74) is 3.38. The number of aromatic nitrogens is 1. The first-order valence-electron chi connectivity index (χ1n) is 11.4. The highest BCUT2D eigenvalue weighted by Gasteiger charge is 2.26. The number of benzene rings is 2. The van der Waals surface area contributed by atoms with Gasteiger partial charge in [-0.3, -0.25) is 4.99 Å². The highest BCUT2D eigenvalue weighted by atomic mass is 16.5. The summed E-state index contributed by atoms with van der Waals surface area (Å²) in [6.07, 6.45) is 3.44. The third-order valence-corrected chi connectivity index (χ3v) is 5.57. The Morgan fingerprint density at radius 3 is 2.12 bits per heavy atom. The van der Waals surface area contributed by atoms with Gasteiger partial charge >= 0.3 is 0 Å². The monoisotopic (exact) mass is 461 g/mol. The number of ether oxygens (including phenoxy) is 1. The fraction of sp³-hybridized carbons (Fsp3) is 0.357. The van der Waals surface area contributed by atoms with Gasteiger partial charge in [-0.25, -0.2) is 4.98 Å². The highest BCUT2D eigenvalue weighted by molar-refractivity contribution is 5.84. The normalized spacial score (nSPS) is 12.2. The Labute approximate surface area is 202 Å². The molecule has 0 saturated heterocycles. The zero-order valence-corrected chi connectivity index (χ0v) is 21.1. The number of phenolic OH excluding ortho intramolecular Hbond substituents is 2. The largest absolute Gasteiger partial charge is 0.507 e. The van der Waals surface area contributed by atoms with Gasteiger partial charge in [-0.1, -0.05) is 47.6 Å². The summed E-state index contributed by atoms with van der Waals surface area (Å²) in [4.78, 5) is 8.87. The van der Waals surface area contributed by atoms with Gasteiger partial charge in [0.15, 0.2) is 11.5 Å². The molecule has 3 aromatic rings. The van der Waals surface area contributed by atoms with E-state index in [0.717, 1.165) is 28.1 Å². The van der Waals surface area contributed by atoms with Crippen molar-refractivity contribution in [1.29, 1.82) is 0 Å². The Bertz CT molecular complexity index is 1140. The molecule has 0 fully saturated rings. The molecule has 0 spiro atoms. The summed E-state index contributed by atoms with van der Waals surface area (Å²) in [5, 5.41) is 24.9. The number of nitrogens with zero attached hydrogens (tertiary/aromatic N) is 2. The van der Waals surface area contributed by atoms with Crippen molar-refractivity contribution in [3.63, 3.8) is 0 Å². The van der Waals surface area contributed by atoms with E-state index in [-0.39, 0.29) is 16.6 Å². The molecule has 6 nitrogen and oxygen atoms in total. The maximum Gasteiger partial charge on any atom is 0.183 e. The van der Waals surface area contributed by atoms with E-state index in [2.05, 4.69) is 56.8 Å². The molecule has 1 heterocycles. The van der Waals surface area contributed by atoms with Gasteiger partial charge in [0, 0.05) is 30.1 Å². The molecule has 0 saturated carbocycles. The van der Waals surface area contributed by atoms with Gasteiger partial charge in [0.05, 0.1) is 7.11 Å². The van der Waals surface area contributed by atoms with Crippen LogP contribution in [0.15, 0.2) is 53.7 Å². The number of rotatable bonds is 6. The van der Waals surface area contributed by atoms with Gasteiger partial charge in [-0.2, -0.15) is 0 Å². The molecule has 0 aliphatic rings. The second-order valence-corrected chi connectivity index (χ2v) is 10.5. The molecule has 3 rings (SSSR count). The second-order valence-electron chi connectivity index (χ2n) is 10.5. The molecular weight excluding hydrogens is 426 g/mol. The van der Waals surface area contributed by atoms with Gasteiger partial charge in [0.1, 0.15) is 17.3 Å². The van der Waals surface area contributed by atoms with Crippen LogP contribution in [0.2, 0.25) is 0 Å². The van der Waals surface area contributed by atoms with Crippen molar-refractivity contribution in [2.24, 2.45) is 4.99 Å². The predicted molar refractivity (Wildman–Crippen MR) is 139 cm³/mol. The van der Waals surface area contributed by atoms with Crippen LogP contribution in [0.4, 0.5) is 11.5 Å². The maximum atomic E-state index is 11.0. The lowest BCUT2D eigenvalue weighted by molar-refractivity contribution is 0.374. The van der Waals surface area contributed by atoms with E-state index in [9.17, 15) is 10.2 Å². The zero-order chi connectivity index (χ0) is 25.1. The van der Waals surface area contributed by atoms with Crippen LogP contribution in [0.5, 0.6) is 17.2 Å². The summed E-state index contributed by atoms with van der Waals surface area (Å²) >= 11 is 0. The van der Waals surface area contributed by atoms with Gasteiger partial charge in [-0.15, -0.1) is 0 Å². The van der Waals surface area contributed by atoms with Gasteiger partial charge < -0.3 is 20.3 Å². The lowest BCUT2D eigenvalue weighted by Crippen LogP contribution is -2.17. The van der Waals surface area contributed by atoms with Crippen molar-refractivity contribution >= 4 is 17.7 Å². The minimum absolute atomic E-state index is 0.0220. The minimum atomic E-state index is -0.240. The fourth-order valence-electron chi connectivity index (χ4n) is 3.68. The van der Waals surface area contributed by atoms with Crippen molar-refractivity contribution in [3.8, 4) is 17.2 Å². The molecule has 1 aromatic heterocycles. The molecule has 0 aliphatic heterocycles. The fourth-order valence-corrected chi connectivity index (χ4v) is 3.68. The Morgan fingerprint density at radius 2 is 1.59 bits per heavy atom. The van der Waals surface area contributed by atoms with Gasteiger partial charge in [0.25, 0.3) is 0 Å². The summed E-state index contributed by atoms with van der Waals surface area (Å²) in [6, 6.07) is 13.2. The number of phenols is 2. The van der Waals surface area contributed by atoms with Crippen LogP contribution < -0.4 is 10.1 Å². The molecule has 6 heteroatoms. The molecule has 0 unspecified atom stereocenters. The Balaban J connectivity index is 1.99. The molecule has 3 N–H and O–H groups in total. The summed E-state index contributed by atoms with van der Waals surface area (Å²) < 4.78 is 5.37. The van der Waals surface area contributed by atoms with E-state index in [0.29, 0.717) is 23.7 Å². The Kier molecular flexibility index (Phi) is 7.20. The number of aromatic hydroxyl groups is 2. The van der Waals surface area contributed by atoms with Crippen molar-refractivity contribution < 1.29 is 14.9 Å². The van der Waals surface area contributed by atoms with E-state index in [1.807, 2.05) is 36.4 Å². The molecule has 0 aliphatic carbocycles. The van der Waals surface area contributed by atoms with Crippen molar-refractivity contribution in [2.75, 3.05) is 12.4 Å². The third kappa shape index (κ3) is 5.87. The quantitative estimate of drug-likeness (QED) is 0.367. The average molecular weight is 462 g/mol. The number of hydrogen-bond acceptors (Lipinski definition) is 6. The lowest BCUT2D eigenvalue weighted by Gasteiger charge is -2.27. The second kappa shape index (κ2) is 9.75. The van der Waals surface area contributed by atoms with Crippen LogP contribution in [0.1, 0.15) is 63.8 Å². The minimum Gasteiger partial charge on any atom is -0.507 e. The number of pyridine rings is 1. The van der Waals surface area contributed by atoms with Crippen LogP contribution in [0, 0.1) is 0 Å². The standard InChI is InChI=1S/C28H35N3O3/c1-27(2,3)20-12-18(13-21(25(20)32)28(4,5)6)16-30-22-14-19(15-23(34-7)26(22)33)17-31-24-10-8-9-11-29-24/h8-16,32-33H,17H2,1-7H3,(H,29,31). The van der Waals surface area contributed by atoms with E-state index in [1.165, 1.54) is 7.11 Å². The van der Waals surface area contributed by atoms with Crippen LogP contribution in [0.25, 0.3) is 0 Å². The summed E-state index contributed by atoms with van der Waals surface area (Å²) in [6.45, 7) is 12.9. The van der Waals surface area contributed by atoms with Crippen LogP contribution in [0.3, 0.4) is 0 Å². The molecule has 0 bridgehead atoms. The first-order valence-corrected chi connectivity index (χ1v) is 11.4. The molecule has 0 amide bonds. The van der Waals surface area contributed by atoms with E-state index in [4.69, 9.17) is 4.74 Å². The predicted octanol–water partition coefficient (Wildman–Crippen LogP) is 6.46. The van der Waals surface area contributed by atoms with Crippen LogP contribution in [-0.2, 0) is 17.4 Å². The van der Waals surface area contributed by atoms with Gasteiger partial charge in [0.2, 0.25) is 0 Å².